The summed E-state index contributed by atoms with van der Waals surface area (Å²) in [5.74, 6) is -2.38. The average Bonchev–Trinajstić information content (AvgIpc) is 2.62. The Labute approximate surface area is 149 Å². The molecule has 0 radical (unpaired) electrons. The van der Waals surface area contributed by atoms with E-state index in [0.717, 1.165) is 6.07 Å². The van der Waals surface area contributed by atoms with E-state index in [2.05, 4.69) is 5.32 Å². The molecular weight excluding hydrogens is 340 g/mol. The number of hydrogen-bond donors (Lipinski definition) is 4. The second kappa shape index (κ2) is 8.19. The van der Waals surface area contributed by atoms with Gasteiger partial charge in [0.25, 0.3) is 5.91 Å². The second-order valence-electron chi connectivity index (χ2n) is 5.74. The third-order valence-corrected chi connectivity index (χ3v) is 3.79. The number of aromatic hydroxyl groups is 2. The molecule has 26 heavy (non-hydrogen) atoms. The molecule has 0 aliphatic carbocycles. The number of carbonyl (C=O) groups excluding carboxylic acids is 3. The number of carbonyl (C=O) groups is 3. The summed E-state index contributed by atoms with van der Waals surface area (Å²) in [6.07, 6.45) is 0.696. The standard InChI is InChI=1S/C18H20N2O6/c1-3-10(2)19-18(25)20-15(22)9-26-17(24)13-8-14(21)11-6-4-5-7-12(11)16(13)23/h4-8,10,21,23H,3,9H2,1-2H3,(H2,19,20,22,25)/t10-/m1/s1. The van der Waals surface area contributed by atoms with Gasteiger partial charge >= 0.3 is 12.0 Å². The van der Waals surface area contributed by atoms with Crippen LogP contribution >= 0.6 is 0 Å². The maximum atomic E-state index is 12.1. The molecule has 8 heteroatoms. The molecule has 3 amide bonds. The Bertz CT molecular complexity index is 849. The smallest absolute Gasteiger partial charge is 0.342 e. The van der Waals surface area contributed by atoms with Crippen molar-refractivity contribution in [1.82, 2.24) is 10.6 Å². The molecule has 0 aliphatic rings. The van der Waals surface area contributed by atoms with Crippen LogP contribution < -0.4 is 10.6 Å². The van der Waals surface area contributed by atoms with E-state index in [4.69, 9.17) is 4.74 Å². The van der Waals surface area contributed by atoms with E-state index >= 15 is 0 Å². The Hall–Kier alpha value is -3.29. The molecule has 0 fully saturated rings. The van der Waals surface area contributed by atoms with Crippen LogP contribution in [-0.2, 0) is 9.53 Å². The number of amides is 3. The summed E-state index contributed by atoms with van der Waals surface area (Å²) in [7, 11) is 0. The average molecular weight is 360 g/mol. The van der Waals surface area contributed by atoms with Gasteiger partial charge in [-0.2, -0.15) is 0 Å². The second-order valence-corrected chi connectivity index (χ2v) is 5.74. The van der Waals surface area contributed by atoms with Crippen LogP contribution in [0.4, 0.5) is 4.79 Å². The van der Waals surface area contributed by atoms with E-state index in [9.17, 15) is 24.6 Å². The Balaban J connectivity index is 2.02. The molecule has 1 atom stereocenters. The SMILES string of the molecule is CC[C@@H](C)NC(=O)NC(=O)COC(=O)c1cc(O)c2ccccc2c1O. The van der Waals surface area contributed by atoms with Gasteiger partial charge in [-0.25, -0.2) is 9.59 Å². The summed E-state index contributed by atoms with van der Waals surface area (Å²) in [6, 6.07) is 6.70. The molecule has 0 spiro atoms. The van der Waals surface area contributed by atoms with Gasteiger partial charge < -0.3 is 20.3 Å². The fourth-order valence-electron chi connectivity index (χ4n) is 2.23. The monoisotopic (exact) mass is 360 g/mol. The van der Waals surface area contributed by atoms with Gasteiger partial charge in [-0.05, 0) is 19.4 Å². The molecule has 0 saturated carbocycles. The molecule has 0 aliphatic heterocycles. The lowest BCUT2D eigenvalue weighted by Gasteiger charge is -2.12. The van der Waals surface area contributed by atoms with Gasteiger partial charge in [-0.1, -0.05) is 31.2 Å². The number of esters is 1. The molecule has 0 bridgehead atoms. The normalized spacial score (nSPS) is 11.6. The Kier molecular flexibility index (Phi) is 6.00. The minimum absolute atomic E-state index is 0.108. The fraction of sp³-hybridized carbons (Fsp3) is 0.278. The molecule has 138 valence electrons. The van der Waals surface area contributed by atoms with E-state index < -0.39 is 24.5 Å². The van der Waals surface area contributed by atoms with Gasteiger partial charge in [0.2, 0.25) is 0 Å². The largest absolute Gasteiger partial charge is 0.507 e. The van der Waals surface area contributed by atoms with Crippen LogP contribution in [0.2, 0.25) is 0 Å². The molecule has 2 aromatic rings. The van der Waals surface area contributed by atoms with Crippen LogP contribution in [0.15, 0.2) is 30.3 Å². The van der Waals surface area contributed by atoms with Crippen molar-refractivity contribution in [3.63, 3.8) is 0 Å². The predicted molar refractivity (Wildman–Crippen MR) is 94.0 cm³/mol. The van der Waals surface area contributed by atoms with E-state index in [-0.39, 0.29) is 28.5 Å². The highest BCUT2D eigenvalue weighted by atomic mass is 16.5. The van der Waals surface area contributed by atoms with Crippen LogP contribution in [0.5, 0.6) is 11.5 Å². The summed E-state index contributed by atoms with van der Waals surface area (Å²) in [6.45, 7) is 2.94. The van der Waals surface area contributed by atoms with Crippen molar-refractivity contribution in [1.29, 1.82) is 0 Å². The quantitative estimate of drug-likeness (QED) is 0.478. The maximum Gasteiger partial charge on any atom is 0.342 e. The Morgan fingerprint density at radius 1 is 1.15 bits per heavy atom. The number of ether oxygens (including phenoxy) is 1. The molecule has 0 heterocycles. The maximum absolute atomic E-state index is 12.1. The number of rotatable bonds is 5. The van der Waals surface area contributed by atoms with Crippen molar-refractivity contribution < 1.29 is 29.3 Å². The van der Waals surface area contributed by atoms with Crippen LogP contribution in [0.1, 0.15) is 30.6 Å². The highest BCUT2D eigenvalue weighted by Crippen LogP contribution is 2.35. The summed E-state index contributed by atoms with van der Waals surface area (Å²) in [5, 5.41) is 25.4. The van der Waals surface area contributed by atoms with E-state index in [1.165, 1.54) is 6.07 Å². The Morgan fingerprint density at radius 3 is 2.46 bits per heavy atom. The zero-order chi connectivity index (χ0) is 19.3. The zero-order valence-corrected chi connectivity index (χ0v) is 14.4. The van der Waals surface area contributed by atoms with Gasteiger partial charge in [-0.3, -0.25) is 10.1 Å². The highest BCUT2D eigenvalue weighted by molar-refractivity contribution is 6.04. The van der Waals surface area contributed by atoms with Crippen molar-refractivity contribution in [2.45, 2.75) is 26.3 Å². The summed E-state index contributed by atoms with van der Waals surface area (Å²) >= 11 is 0. The van der Waals surface area contributed by atoms with Crippen LogP contribution in [-0.4, -0.2) is 40.8 Å². The van der Waals surface area contributed by atoms with Crippen molar-refractivity contribution in [2.75, 3.05) is 6.61 Å². The minimum Gasteiger partial charge on any atom is -0.507 e. The topological polar surface area (TPSA) is 125 Å². The van der Waals surface area contributed by atoms with Crippen LogP contribution in [0.3, 0.4) is 0 Å². The molecule has 2 rings (SSSR count). The molecule has 2 aromatic carbocycles. The van der Waals surface area contributed by atoms with E-state index in [0.29, 0.717) is 11.8 Å². The Morgan fingerprint density at radius 2 is 1.81 bits per heavy atom. The number of urea groups is 1. The molecule has 4 N–H and O–H groups in total. The van der Waals surface area contributed by atoms with Gasteiger partial charge in [0.15, 0.2) is 6.61 Å². The van der Waals surface area contributed by atoms with Crippen molar-refractivity contribution in [3.8, 4) is 11.5 Å². The first-order chi connectivity index (χ1) is 12.3. The fourth-order valence-corrected chi connectivity index (χ4v) is 2.23. The molecule has 0 unspecified atom stereocenters. The minimum atomic E-state index is -0.999. The van der Waals surface area contributed by atoms with Crippen LogP contribution in [0, 0.1) is 0 Å². The van der Waals surface area contributed by atoms with Crippen molar-refractivity contribution in [3.05, 3.63) is 35.9 Å². The van der Waals surface area contributed by atoms with Gasteiger partial charge in [0.1, 0.15) is 17.1 Å². The van der Waals surface area contributed by atoms with E-state index in [1.807, 2.05) is 12.2 Å². The number of hydrogen-bond acceptors (Lipinski definition) is 6. The van der Waals surface area contributed by atoms with Gasteiger partial charge in [0, 0.05) is 16.8 Å². The number of phenols is 2. The summed E-state index contributed by atoms with van der Waals surface area (Å²) < 4.78 is 4.80. The molecule has 0 saturated heterocycles. The van der Waals surface area contributed by atoms with Crippen molar-refractivity contribution >= 4 is 28.7 Å². The number of nitrogens with one attached hydrogen (secondary N) is 2. The third-order valence-electron chi connectivity index (χ3n) is 3.79. The third kappa shape index (κ3) is 4.41. The number of fused-ring (bicyclic) bond motifs is 1. The molecular formula is C18H20N2O6. The number of benzene rings is 2. The highest BCUT2D eigenvalue weighted by Gasteiger charge is 2.19. The lowest BCUT2D eigenvalue weighted by atomic mass is 10.0. The molecule has 8 nitrogen and oxygen atoms in total. The van der Waals surface area contributed by atoms with Crippen LogP contribution in [0.25, 0.3) is 10.8 Å². The first kappa shape index (κ1) is 19.0. The van der Waals surface area contributed by atoms with Gasteiger partial charge in [-0.15, -0.1) is 0 Å². The van der Waals surface area contributed by atoms with Crippen molar-refractivity contribution in [2.24, 2.45) is 0 Å². The lowest BCUT2D eigenvalue weighted by Crippen LogP contribution is -2.44. The van der Waals surface area contributed by atoms with Gasteiger partial charge in [0.05, 0.1) is 0 Å². The lowest BCUT2D eigenvalue weighted by molar-refractivity contribution is -0.123. The first-order valence-corrected chi connectivity index (χ1v) is 8.04. The number of imide groups is 1. The number of phenolic OH excluding ortho intramolecular Hbond substituents is 2. The predicted octanol–water partition coefficient (Wildman–Crippen LogP) is 2.03. The first-order valence-electron chi connectivity index (χ1n) is 8.04. The summed E-state index contributed by atoms with van der Waals surface area (Å²) in [4.78, 5) is 35.3. The summed E-state index contributed by atoms with van der Waals surface area (Å²) in [5.41, 5.74) is -0.280. The zero-order valence-electron chi connectivity index (χ0n) is 14.4. The van der Waals surface area contributed by atoms with E-state index in [1.54, 1.807) is 25.1 Å². The molecule has 0 aromatic heterocycles.